The molecule has 1 fully saturated rings. The number of hydrogen-bond acceptors (Lipinski definition) is 4. The van der Waals surface area contributed by atoms with Gasteiger partial charge in [-0.1, -0.05) is 0 Å². The van der Waals surface area contributed by atoms with Gasteiger partial charge in [0.05, 0.1) is 6.04 Å². The zero-order valence-corrected chi connectivity index (χ0v) is 11.3. The molecule has 6 heteroatoms. The molecule has 2 heterocycles. The van der Waals surface area contributed by atoms with Crippen molar-refractivity contribution in [3.63, 3.8) is 0 Å². The Labute approximate surface area is 110 Å². The Balaban J connectivity index is 1.92. The normalized spacial score (nSPS) is 21.2. The number of carbonyl (C=O) groups is 2. The minimum Gasteiger partial charge on any atom is -0.345 e. The number of nitrogens with zero attached hydrogens (tertiary/aromatic N) is 1. The van der Waals surface area contributed by atoms with Crippen molar-refractivity contribution in [2.24, 2.45) is 0 Å². The molecule has 1 aromatic rings. The topological polar surface area (TPSA) is 71.1 Å². The highest BCUT2D eigenvalue weighted by Crippen LogP contribution is 2.19. The van der Waals surface area contributed by atoms with Crippen molar-refractivity contribution >= 4 is 23.2 Å². The van der Waals surface area contributed by atoms with Crippen LogP contribution in [0.1, 0.15) is 42.1 Å². The lowest BCUT2D eigenvalue weighted by Gasteiger charge is -2.23. The summed E-state index contributed by atoms with van der Waals surface area (Å²) in [5.41, 5.74) is 0. The summed E-state index contributed by atoms with van der Waals surface area (Å²) in [5.74, 6) is -0.164. The van der Waals surface area contributed by atoms with Gasteiger partial charge >= 0.3 is 0 Å². The molecule has 98 valence electrons. The summed E-state index contributed by atoms with van der Waals surface area (Å²) in [7, 11) is 0. The molecule has 2 amide bonds. The third-order valence-electron chi connectivity index (χ3n) is 2.92. The van der Waals surface area contributed by atoms with Gasteiger partial charge in [0.1, 0.15) is 11.0 Å². The van der Waals surface area contributed by atoms with Gasteiger partial charge in [0.25, 0.3) is 0 Å². The van der Waals surface area contributed by atoms with Gasteiger partial charge in [-0.3, -0.25) is 9.59 Å². The fraction of sp³-hybridized carbons (Fsp3) is 0.583. The molecule has 1 unspecified atom stereocenters. The second-order valence-corrected chi connectivity index (χ2v) is 5.82. The highest BCUT2D eigenvalue weighted by Gasteiger charge is 2.26. The van der Waals surface area contributed by atoms with Crippen LogP contribution < -0.4 is 10.6 Å². The van der Waals surface area contributed by atoms with Gasteiger partial charge in [-0.25, -0.2) is 4.98 Å². The molecule has 2 N–H and O–H groups in total. The molecule has 0 spiro atoms. The van der Waals surface area contributed by atoms with Gasteiger partial charge in [-0.2, -0.15) is 0 Å². The van der Waals surface area contributed by atoms with E-state index in [2.05, 4.69) is 15.6 Å². The van der Waals surface area contributed by atoms with E-state index in [9.17, 15) is 9.59 Å². The van der Waals surface area contributed by atoms with E-state index in [1.165, 1.54) is 0 Å². The first-order valence-electron chi connectivity index (χ1n) is 6.08. The van der Waals surface area contributed by atoms with E-state index in [1.807, 2.05) is 13.8 Å². The lowest BCUT2D eigenvalue weighted by molar-refractivity contribution is -0.131. The maximum Gasteiger partial charge on any atom is 0.243 e. The smallest absolute Gasteiger partial charge is 0.243 e. The first-order valence-corrected chi connectivity index (χ1v) is 6.90. The Morgan fingerprint density at radius 2 is 2.44 bits per heavy atom. The highest BCUT2D eigenvalue weighted by atomic mass is 32.1. The molecule has 0 radical (unpaired) electrons. The Morgan fingerprint density at radius 1 is 1.67 bits per heavy atom. The van der Waals surface area contributed by atoms with Gasteiger partial charge in [0.15, 0.2) is 0 Å². The Morgan fingerprint density at radius 3 is 3.06 bits per heavy atom. The summed E-state index contributed by atoms with van der Waals surface area (Å²) in [6.07, 6.45) is 3.80. The SMILES string of the molecule is Cc1cnc(C(C)NC(=O)[C@H]2CCCC(=O)N2)s1. The van der Waals surface area contributed by atoms with Crippen molar-refractivity contribution in [1.82, 2.24) is 15.6 Å². The van der Waals surface area contributed by atoms with E-state index >= 15 is 0 Å². The summed E-state index contributed by atoms with van der Waals surface area (Å²) in [6, 6.07) is -0.509. The van der Waals surface area contributed by atoms with Gasteiger partial charge in [0.2, 0.25) is 11.8 Å². The summed E-state index contributed by atoms with van der Waals surface area (Å²) in [5, 5.41) is 6.50. The first-order chi connectivity index (χ1) is 8.56. The fourth-order valence-electron chi connectivity index (χ4n) is 1.95. The molecule has 1 aliphatic rings. The second-order valence-electron chi connectivity index (χ2n) is 4.55. The van der Waals surface area contributed by atoms with Crippen LogP contribution in [0.4, 0.5) is 0 Å². The van der Waals surface area contributed by atoms with E-state index in [4.69, 9.17) is 0 Å². The molecular formula is C12H17N3O2S. The summed E-state index contributed by atoms with van der Waals surface area (Å²) < 4.78 is 0. The lowest BCUT2D eigenvalue weighted by Crippen LogP contribution is -2.49. The number of rotatable bonds is 3. The molecule has 1 saturated heterocycles. The highest BCUT2D eigenvalue weighted by molar-refractivity contribution is 7.11. The zero-order chi connectivity index (χ0) is 13.1. The molecule has 2 rings (SSSR count). The third kappa shape index (κ3) is 3.07. The summed E-state index contributed by atoms with van der Waals surface area (Å²) >= 11 is 1.57. The molecule has 5 nitrogen and oxygen atoms in total. The largest absolute Gasteiger partial charge is 0.345 e. The molecule has 0 bridgehead atoms. The van der Waals surface area contributed by atoms with E-state index in [1.54, 1.807) is 17.5 Å². The van der Waals surface area contributed by atoms with Crippen molar-refractivity contribution in [3.8, 4) is 0 Å². The van der Waals surface area contributed by atoms with Crippen LogP contribution in [0.5, 0.6) is 0 Å². The van der Waals surface area contributed by atoms with Crippen LogP contribution in [-0.2, 0) is 9.59 Å². The molecule has 18 heavy (non-hydrogen) atoms. The molecular weight excluding hydrogens is 250 g/mol. The number of aryl methyl sites for hydroxylation is 1. The number of hydrogen-bond donors (Lipinski definition) is 2. The van der Waals surface area contributed by atoms with Crippen molar-refractivity contribution < 1.29 is 9.59 Å². The van der Waals surface area contributed by atoms with Gasteiger partial charge in [-0.15, -0.1) is 11.3 Å². The van der Waals surface area contributed by atoms with Crippen molar-refractivity contribution in [2.45, 2.75) is 45.2 Å². The lowest BCUT2D eigenvalue weighted by atomic mass is 10.0. The molecule has 0 aromatic carbocycles. The molecule has 1 aliphatic heterocycles. The number of thiazole rings is 1. The summed E-state index contributed by atoms with van der Waals surface area (Å²) in [6.45, 7) is 3.89. The van der Waals surface area contributed by atoms with Crippen LogP contribution in [0.3, 0.4) is 0 Å². The van der Waals surface area contributed by atoms with Crippen molar-refractivity contribution in [3.05, 3.63) is 16.1 Å². The van der Waals surface area contributed by atoms with Crippen LogP contribution in [0.15, 0.2) is 6.20 Å². The molecule has 0 aliphatic carbocycles. The maximum absolute atomic E-state index is 12.0. The average Bonchev–Trinajstić information content (AvgIpc) is 2.76. The van der Waals surface area contributed by atoms with Crippen molar-refractivity contribution in [1.29, 1.82) is 0 Å². The van der Waals surface area contributed by atoms with Gasteiger partial charge < -0.3 is 10.6 Å². The minimum absolute atomic E-state index is 0.0425. The summed E-state index contributed by atoms with van der Waals surface area (Å²) in [4.78, 5) is 28.6. The number of aromatic nitrogens is 1. The van der Waals surface area contributed by atoms with Gasteiger partial charge in [0, 0.05) is 17.5 Å². The number of piperidine rings is 1. The van der Waals surface area contributed by atoms with E-state index in [0.717, 1.165) is 16.3 Å². The standard InChI is InChI=1S/C12H17N3O2S/c1-7-6-13-12(18-7)8(2)14-11(17)9-4-3-5-10(16)15-9/h6,8-9H,3-5H2,1-2H3,(H,14,17)(H,15,16)/t8?,9-/m1/s1. The first kappa shape index (κ1) is 13.0. The monoisotopic (exact) mass is 267 g/mol. The van der Waals surface area contributed by atoms with Crippen LogP contribution in [-0.4, -0.2) is 22.8 Å². The van der Waals surface area contributed by atoms with Crippen LogP contribution in [0.25, 0.3) is 0 Å². The van der Waals surface area contributed by atoms with E-state index < -0.39 is 6.04 Å². The number of amides is 2. The third-order valence-corrected chi connectivity index (χ3v) is 4.01. The van der Waals surface area contributed by atoms with Crippen molar-refractivity contribution in [2.75, 3.05) is 0 Å². The zero-order valence-electron chi connectivity index (χ0n) is 10.5. The molecule has 0 saturated carbocycles. The van der Waals surface area contributed by atoms with Gasteiger partial charge in [-0.05, 0) is 26.7 Å². The number of carbonyl (C=O) groups excluding carboxylic acids is 2. The predicted octanol–water partition coefficient (Wildman–Crippen LogP) is 1.30. The predicted molar refractivity (Wildman–Crippen MR) is 69.2 cm³/mol. The Hall–Kier alpha value is -1.43. The van der Waals surface area contributed by atoms with E-state index in [-0.39, 0.29) is 17.9 Å². The quantitative estimate of drug-likeness (QED) is 0.867. The van der Waals surface area contributed by atoms with E-state index in [0.29, 0.717) is 12.8 Å². The molecule has 1 aromatic heterocycles. The average molecular weight is 267 g/mol. The second kappa shape index (κ2) is 5.48. The molecule has 2 atom stereocenters. The van der Waals surface area contributed by atoms with Crippen LogP contribution >= 0.6 is 11.3 Å². The maximum atomic E-state index is 12.0. The van der Waals surface area contributed by atoms with Crippen LogP contribution in [0.2, 0.25) is 0 Å². The van der Waals surface area contributed by atoms with Crippen LogP contribution in [0, 0.1) is 6.92 Å². The fourth-order valence-corrected chi connectivity index (χ4v) is 2.73. The Kier molecular flexibility index (Phi) is 3.96. The Bertz CT molecular complexity index is 458. The number of nitrogens with one attached hydrogen (secondary N) is 2. The minimum atomic E-state index is -0.394.